The second-order valence-electron chi connectivity index (χ2n) is 6.25. The van der Waals surface area contributed by atoms with Gasteiger partial charge in [-0.15, -0.1) is 0 Å². The summed E-state index contributed by atoms with van der Waals surface area (Å²) in [4.78, 5) is 0. The van der Waals surface area contributed by atoms with E-state index in [1.54, 1.807) is 7.11 Å². The maximum atomic E-state index is 5.10. The molecule has 2 atom stereocenters. The molecular formula is C15H33NO. The Morgan fingerprint density at radius 2 is 1.82 bits per heavy atom. The van der Waals surface area contributed by atoms with E-state index < -0.39 is 0 Å². The van der Waals surface area contributed by atoms with Gasteiger partial charge in [-0.2, -0.15) is 0 Å². The summed E-state index contributed by atoms with van der Waals surface area (Å²) in [6, 6.07) is 0.672. The summed E-state index contributed by atoms with van der Waals surface area (Å²) in [5.74, 6) is 0.758. The molecule has 104 valence electrons. The van der Waals surface area contributed by atoms with Crippen molar-refractivity contribution in [3.8, 4) is 0 Å². The summed E-state index contributed by atoms with van der Waals surface area (Å²) in [5, 5.41) is 3.62. The number of hydrogen-bond donors (Lipinski definition) is 1. The van der Waals surface area contributed by atoms with E-state index >= 15 is 0 Å². The van der Waals surface area contributed by atoms with E-state index in [2.05, 4.69) is 39.9 Å². The minimum atomic E-state index is 0.417. The second kappa shape index (κ2) is 8.93. The average molecular weight is 243 g/mol. The SMILES string of the molecule is CCNC(CCCCOC)CC(C)C(C)(C)C. The molecule has 0 aromatic heterocycles. The van der Waals surface area contributed by atoms with Gasteiger partial charge in [0.15, 0.2) is 0 Å². The lowest BCUT2D eigenvalue weighted by molar-refractivity contribution is 0.186. The molecule has 0 aliphatic heterocycles. The second-order valence-corrected chi connectivity index (χ2v) is 6.25. The molecule has 0 saturated carbocycles. The molecule has 0 heterocycles. The molecule has 2 unspecified atom stereocenters. The number of nitrogens with one attached hydrogen (secondary N) is 1. The first-order valence-electron chi connectivity index (χ1n) is 7.14. The molecule has 0 aliphatic carbocycles. The molecular weight excluding hydrogens is 210 g/mol. The van der Waals surface area contributed by atoms with Crippen LogP contribution in [0.2, 0.25) is 0 Å². The lowest BCUT2D eigenvalue weighted by Crippen LogP contribution is -2.33. The Bertz CT molecular complexity index is 174. The topological polar surface area (TPSA) is 21.3 Å². The first-order chi connectivity index (χ1) is 7.91. The van der Waals surface area contributed by atoms with E-state index in [-0.39, 0.29) is 0 Å². The third-order valence-corrected chi connectivity index (χ3v) is 3.76. The molecule has 0 spiro atoms. The Morgan fingerprint density at radius 3 is 2.29 bits per heavy atom. The summed E-state index contributed by atoms with van der Waals surface area (Å²) in [7, 11) is 1.78. The van der Waals surface area contributed by atoms with Gasteiger partial charge in [0, 0.05) is 19.8 Å². The zero-order valence-electron chi connectivity index (χ0n) is 12.8. The average Bonchev–Trinajstić information content (AvgIpc) is 2.23. The minimum Gasteiger partial charge on any atom is -0.385 e. The van der Waals surface area contributed by atoms with Gasteiger partial charge in [-0.1, -0.05) is 34.6 Å². The molecule has 0 rings (SSSR count). The molecule has 0 aromatic rings. The summed E-state index contributed by atoms with van der Waals surface area (Å²) in [6.45, 7) is 13.6. The number of rotatable bonds is 9. The molecule has 0 bridgehead atoms. The molecule has 2 heteroatoms. The van der Waals surface area contributed by atoms with E-state index in [0.29, 0.717) is 11.5 Å². The third kappa shape index (κ3) is 8.62. The van der Waals surface area contributed by atoms with Gasteiger partial charge in [0.05, 0.1) is 0 Å². The van der Waals surface area contributed by atoms with Gasteiger partial charge >= 0.3 is 0 Å². The van der Waals surface area contributed by atoms with Crippen molar-refractivity contribution in [2.45, 2.75) is 66.3 Å². The van der Waals surface area contributed by atoms with E-state index in [1.807, 2.05) is 0 Å². The lowest BCUT2D eigenvalue weighted by Gasteiger charge is -2.31. The van der Waals surface area contributed by atoms with Crippen LogP contribution in [0.3, 0.4) is 0 Å². The Morgan fingerprint density at radius 1 is 1.18 bits per heavy atom. The van der Waals surface area contributed by atoms with Crippen LogP contribution in [-0.2, 0) is 4.74 Å². The van der Waals surface area contributed by atoms with Crippen LogP contribution in [0.1, 0.15) is 60.3 Å². The van der Waals surface area contributed by atoms with Crippen LogP contribution >= 0.6 is 0 Å². The summed E-state index contributed by atoms with van der Waals surface area (Å²) in [6.07, 6.45) is 5.01. The van der Waals surface area contributed by atoms with Crippen LogP contribution in [0.15, 0.2) is 0 Å². The number of ether oxygens (including phenoxy) is 1. The first kappa shape index (κ1) is 16.9. The Labute approximate surface area is 109 Å². The van der Waals surface area contributed by atoms with Crippen molar-refractivity contribution >= 4 is 0 Å². The fourth-order valence-corrected chi connectivity index (χ4v) is 2.01. The van der Waals surface area contributed by atoms with Crippen molar-refractivity contribution in [2.24, 2.45) is 11.3 Å². The van der Waals surface area contributed by atoms with Crippen LogP contribution in [-0.4, -0.2) is 26.3 Å². The van der Waals surface area contributed by atoms with Crippen LogP contribution in [0.5, 0.6) is 0 Å². The Hall–Kier alpha value is -0.0800. The van der Waals surface area contributed by atoms with Crippen LogP contribution in [0.25, 0.3) is 0 Å². The van der Waals surface area contributed by atoms with Crippen LogP contribution in [0, 0.1) is 11.3 Å². The number of unbranched alkanes of at least 4 members (excludes halogenated alkanes) is 1. The first-order valence-corrected chi connectivity index (χ1v) is 7.14. The maximum Gasteiger partial charge on any atom is 0.0462 e. The molecule has 0 saturated heterocycles. The van der Waals surface area contributed by atoms with Gasteiger partial charge in [-0.05, 0) is 43.6 Å². The zero-order chi connectivity index (χ0) is 13.3. The maximum absolute atomic E-state index is 5.10. The van der Waals surface area contributed by atoms with Crippen molar-refractivity contribution in [1.82, 2.24) is 5.32 Å². The molecule has 17 heavy (non-hydrogen) atoms. The molecule has 1 N–H and O–H groups in total. The molecule has 0 amide bonds. The summed E-state index contributed by atoms with van der Waals surface area (Å²) >= 11 is 0. The summed E-state index contributed by atoms with van der Waals surface area (Å²) < 4.78 is 5.10. The molecule has 2 nitrogen and oxygen atoms in total. The van der Waals surface area contributed by atoms with Crippen molar-refractivity contribution in [3.05, 3.63) is 0 Å². The largest absolute Gasteiger partial charge is 0.385 e. The highest BCUT2D eigenvalue weighted by Gasteiger charge is 2.22. The highest BCUT2D eigenvalue weighted by molar-refractivity contribution is 4.76. The van der Waals surface area contributed by atoms with Crippen molar-refractivity contribution in [1.29, 1.82) is 0 Å². The molecule has 0 aromatic carbocycles. The summed E-state index contributed by atoms with van der Waals surface area (Å²) in [5.41, 5.74) is 0.417. The Balaban J connectivity index is 3.97. The van der Waals surface area contributed by atoms with Gasteiger partial charge in [0.2, 0.25) is 0 Å². The third-order valence-electron chi connectivity index (χ3n) is 3.76. The predicted molar refractivity (Wildman–Crippen MR) is 76.4 cm³/mol. The van der Waals surface area contributed by atoms with Crippen LogP contribution in [0.4, 0.5) is 0 Å². The van der Waals surface area contributed by atoms with E-state index in [4.69, 9.17) is 4.74 Å². The zero-order valence-corrected chi connectivity index (χ0v) is 12.8. The van der Waals surface area contributed by atoms with Crippen molar-refractivity contribution in [3.63, 3.8) is 0 Å². The monoisotopic (exact) mass is 243 g/mol. The Kier molecular flexibility index (Phi) is 8.89. The van der Waals surface area contributed by atoms with Gasteiger partial charge in [-0.25, -0.2) is 0 Å². The smallest absolute Gasteiger partial charge is 0.0462 e. The van der Waals surface area contributed by atoms with Crippen molar-refractivity contribution in [2.75, 3.05) is 20.3 Å². The quantitative estimate of drug-likeness (QED) is 0.621. The lowest BCUT2D eigenvalue weighted by atomic mass is 9.78. The highest BCUT2D eigenvalue weighted by atomic mass is 16.5. The van der Waals surface area contributed by atoms with Gasteiger partial charge < -0.3 is 10.1 Å². The standard InChI is InChI=1S/C15H33NO/c1-7-16-14(10-8-9-11-17-6)12-13(2)15(3,4)5/h13-14,16H,7-12H2,1-6H3. The molecule has 0 aliphatic rings. The fraction of sp³-hybridized carbons (Fsp3) is 1.00. The predicted octanol–water partition coefficient (Wildman–Crippen LogP) is 3.85. The van der Waals surface area contributed by atoms with Gasteiger partial charge in [0.1, 0.15) is 0 Å². The molecule has 0 radical (unpaired) electrons. The van der Waals surface area contributed by atoms with Crippen molar-refractivity contribution < 1.29 is 4.74 Å². The fourth-order valence-electron chi connectivity index (χ4n) is 2.01. The highest BCUT2D eigenvalue weighted by Crippen LogP contribution is 2.29. The number of methoxy groups -OCH3 is 1. The van der Waals surface area contributed by atoms with E-state index in [9.17, 15) is 0 Å². The number of hydrogen-bond acceptors (Lipinski definition) is 2. The van der Waals surface area contributed by atoms with E-state index in [0.717, 1.165) is 19.1 Å². The van der Waals surface area contributed by atoms with Gasteiger partial charge in [-0.3, -0.25) is 0 Å². The van der Waals surface area contributed by atoms with E-state index in [1.165, 1.54) is 25.7 Å². The minimum absolute atomic E-state index is 0.417. The van der Waals surface area contributed by atoms with Gasteiger partial charge in [0.25, 0.3) is 0 Å². The van der Waals surface area contributed by atoms with Crippen LogP contribution < -0.4 is 5.32 Å². The molecule has 0 fully saturated rings. The normalized spacial score (nSPS) is 15.9.